The number of hydrogen-bond donors (Lipinski definition) is 2. The van der Waals surface area contributed by atoms with Gasteiger partial charge in [0.2, 0.25) is 0 Å². The summed E-state index contributed by atoms with van der Waals surface area (Å²) in [6.45, 7) is 6.51. The molecule has 11 heteroatoms. The summed E-state index contributed by atoms with van der Waals surface area (Å²) in [7, 11) is 1.64. The summed E-state index contributed by atoms with van der Waals surface area (Å²) in [4.78, 5) is 23.9. The van der Waals surface area contributed by atoms with E-state index in [0.717, 1.165) is 83.3 Å². The number of nitrogens with zero attached hydrogens (tertiary/aromatic N) is 4. The second-order valence-electron chi connectivity index (χ2n) is 13.2. The van der Waals surface area contributed by atoms with Gasteiger partial charge in [0.1, 0.15) is 17.2 Å². The first-order valence-corrected chi connectivity index (χ1v) is 18.1. The van der Waals surface area contributed by atoms with Crippen LogP contribution in [0.15, 0.2) is 136 Å². The number of unbranched alkanes of at least 4 members (excludes halogenated alkanes) is 3. The highest BCUT2D eigenvalue weighted by Gasteiger charge is 2.30. The van der Waals surface area contributed by atoms with Crippen LogP contribution in [0.3, 0.4) is 0 Å². The van der Waals surface area contributed by atoms with Crippen molar-refractivity contribution < 1.29 is 23.8 Å². The number of azo groups is 2. The third-order valence-corrected chi connectivity index (χ3v) is 9.03. The minimum Gasteiger partial charge on any atom is -0.494 e. The van der Waals surface area contributed by atoms with Crippen LogP contribution in [0.25, 0.3) is 10.8 Å². The smallest absolute Gasteiger partial charge is 0.343 e. The first-order chi connectivity index (χ1) is 26.3. The average molecular weight is 725 g/mol. The molecule has 0 spiro atoms. The van der Waals surface area contributed by atoms with Gasteiger partial charge in [-0.05, 0) is 130 Å². The predicted octanol–water partition coefficient (Wildman–Crippen LogP) is 11.0. The molecule has 1 aliphatic rings. The van der Waals surface area contributed by atoms with Gasteiger partial charge in [-0.15, -0.1) is 5.11 Å². The Balaban J connectivity index is 0.970. The molecular formula is C43H44N6O5. The van der Waals surface area contributed by atoms with Crippen molar-refractivity contribution in [3.8, 4) is 11.5 Å². The molecule has 0 saturated carbocycles. The van der Waals surface area contributed by atoms with Crippen LogP contribution in [0.4, 0.5) is 28.4 Å². The second-order valence-corrected chi connectivity index (χ2v) is 13.2. The summed E-state index contributed by atoms with van der Waals surface area (Å²) in [5.41, 5.74) is 5.54. The molecular weight excluding hydrogens is 681 g/mol. The summed E-state index contributed by atoms with van der Waals surface area (Å²) in [5.74, 6) is 0.355. The molecule has 1 unspecified atom stereocenters. The normalized spacial score (nSPS) is 14.8. The van der Waals surface area contributed by atoms with Gasteiger partial charge in [-0.3, -0.25) is 0 Å². The molecule has 1 aliphatic heterocycles. The number of aryl methyl sites for hydroxylation is 1. The number of benzene rings is 5. The van der Waals surface area contributed by atoms with E-state index in [1.165, 1.54) is 6.08 Å². The summed E-state index contributed by atoms with van der Waals surface area (Å²) in [6.07, 6.45) is 6.38. The molecule has 2 N–H and O–H groups in total. The zero-order valence-corrected chi connectivity index (χ0v) is 30.6. The Morgan fingerprint density at radius 1 is 0.741 bits per heavy atom. The topological polar surface area (TPSA) is 135 Å². The number of rotatable bonds is 17. The Morgan fingerprint density at radius 3 is 2.11 bits per heavy atom. The van der Waals surface area contributed by atoms with E-state index < -0.39 is 17.6 Å². The van der Waals surface area contributed by atoms with Crippen molar-refractivity contribution in [2.75, 3.05) is 30.9 Å². The first kappa shape index (κ1) is 37.4. The lowest BCUT2D eigenvalue weighted by Gasteiger charge is -2.39. The van der Waals surface area contributed by atoms with Gasteiger partial charge in [-0.2, -0.15) is 15.3 Å². The van der Waals surface area contributed by atoms with Gasteiger partial charge in [0, 0.05) is 35.3 Å². The molecule has 6 rings (SSSR count). The van der Waals surface area contributed by atoms with Gasteiger partial charge < -0.3 is 24.8 Å². The van der Waals surface area contributed by atoms with Gasteiger partial charge >= 0.3 is 11.9 Å². The third-order valence-electron chi connectivity index (χ3n) is 9.03. The number of hydrogen-bond acceptors (Lipinski definition) is 11. The van der Waals surface area contributed by atoms with Crippen molar-refractivity contribution in [2.24, 2.45) is 20.5 Å². The molecule has 0 bridgehead atoms. The number of ether oxygens (including phenoxy) is 3. The van der Waals surface area contributed by atoms with Crippen LogP contribution < -0.4 is 20.1 Å². The summed E-state index contributed by atoms with van der Waals surface area (Å²) < 4.78 is 16.4. The van der Waals surface area contributed by atoms with Crippen molar-refractivity contribution >= 4 is 51.1 Å². The molecule has 54 heavy (non-hydrogen) atoms. The maximum absolute atomic E-state index is 12.8. The van der Waals surface area contributed by atoms with Gasteiger partial charge in [0.25, 0.3) is 0 Å². The Bertz CT molecular complexity index is 2120. The number of esters is 2. The largest absolute Gasteiger partial charge is 0.494 e. The van der Waals surface area contributed by atoms with Crippen LogP contribution in [0.2, 0.25) is 0 Å². The Labute approximate surface area is 315 Å². The van der Waals surface area contributed by atoms with E-state index in [4.69, 9.17) is 14.2 Å². The fourth-order valence-corrected chi connectivity index (χ4v) is 6.20. The highest BCUT2D eigenvalue weighted by Crippen LogP contribution is 2.43. The van der Waals surface area contributed by atoms with Crippen molar-refractivity contribution in [3.63, 3.8) is 0 Å². The number of carbonyl (C=O) groups is 2. The minimum atomic E-state index is -0.430. The molecule has 1 atom stereocenters. The highest BCUT2D eigenvalue weighted by molar-refractivity contribution is 6.09. The van der Waals surface area contributed by atoms with E-state index in [1.807, 2.05) is 60.7 Å². The minimum absolute atomic E-state index is 0.391. The van der Waals surface area contributed by atoms with Crippen LogP contribution in [-0.4, -0.2) is 37.9 Å². The lowest BCUT2D eigenvalue weighted by atomic mass is 9.95. The molecule has 0 fully saturated rings. The van der Waals surface area contributed by atoms with Gasteiger partial charge in [-0.1, -0.05) is 30.8 Å². The highest BCUT2D eigenvalue weighted by atomic mass is 16.5. The van der Waals surface area contributed by atoms with E-state index in [0.29, 0.717) is 30.3 Å². The summed E-state index contributed by atoms with van der Waals surface area (Å²) in [6, 6.07) is 32.3. The van der Waals surface area contributed by atoms with Crippen LogP contribution in [0, 0.1) is 0 Å². The Morgan fingerprint density at radius 2 is 1.41 bits per heavy atom. The first-order valence-electron chi connectivity index (χ1n) is 18.1. The molecule has 0 saturated heterocycles. The van der Waals surface area contributed by atoms with E-state index >= 15 is 0 Å². The molecule has 5 aromatic rings. The number of carbonyl (C=O) groups excluding carboxylic acids is 2. The average Bonchev–Trinajstić information content (AvgIpc) is 3.19. The van der Waals surface area contributed by atoms with E-state index in [9.17, 15) is 9.59 Å². The quantitative estimate of drug-likeness (QED) is 0.0320. The zero-order chi connectivity index (χ0) is 37.8. The SMILES string of the molecule is C=CC(=O)OCCCCCCOc1ccc(C(=O)Oc2ccc(CCC3(C)Nc4cccc5c(N=Nc6ccc(N=NC)cc6)ccc(c45)N3)cc2)cc1. The van der Waals surface area contributed by atoms with Gasteiger partial charge in [0.05, 0.1) is 35.8 Å². The molecule has 0 amide bonds. The molecule has 0 radical (unpaired) electrons. The maximum Gasteiger partial charge on any atom is 0.343 e. The van der Waals surface area contributed by atoms with E-state index in [2.05, 4.69) is 62.8 Å². The van der Waals surface area contributed by atoms with Crippen molar-refractivity contribution in [1.29, 1.82) is 0 Å². The molecule has 0 aromatic heterocycles. The second kappa shape index (κ2) is 17.9. The van der Waals surface area contributed by atoms with E-state index in [1.54, 1.807) is 31.3 Å². The van der Waals surface area contributed by atoms with Crippen LogP contribution in [-0.2, 0) is 16.0 Å². The molecule has 11 nitrogen and oxygen atoms in total. The standard InChI is InChI=1S/C43H44N6O5/c1-4-40(50)53-29-8-6-5-7-28-52-34-22-14-31(15-23-34)42(51)54-35-20-12-30(13-21-35)26-27-43(2)45-38-11-9-10-36-37(24-25-39(46-43)41(36)38)49-48-33-18-16-32(17-19-33)47-44-3/h4,9-25,45-46H,1,5-8,26-29H2,2-3H3. The van der Waals surface area contributed by atoms with Gasteiger partial charge in [-0.25, -0.2) is 9.59 Å². The number of nitrogens with one attached hydrogen (secondary N) is 2. The van der Waals surface area contributed by atoms with Gasteiger partial charge in [0.15, 0.2) is 0 Å². The van der Waals surface area contributed by atoms with Crippen LogP contribution in [0.1, 0.15) is 54.9 Å². The summed E-state index contributed by atoms with van der Waals surface area (Å²) in [5, 5.41) is 26.4. The molecule has 0 aliphatic carbocycles. The van der Waals surface area contributed by atoms with Crippen molar-refractivity contribution in [1.82, 2.24) is 0 Å². The fourth-order valence-electron chi connectivity index (χ4n) is 6.20. The zero-order valence-electron chi connectivity index (χ0n) is 30.6. The Hall–Kier alpha value is -6.36. The lowest BCUT2D eigenvalue weighted by molar-refractivity contribution is -0.137. The monoisotopic (exact) mass is 724 g/mol. The van der Waals surface area contributed by atoms with Crippen LogP contribution in [0.5, 0.6) is 11.5 Å². The predicted molar refractivity (Wildman–Crippen MR) is 212 cm³/mol. The van der Waals surface area contributed by atoms with E-state index in [-0.39, 0.29) is 0 Å². The van der Waals surface area contributed by atoms with Crippen LogP contribution >= 0.6 is 0 Å². The molecule has 5 aromatic carbocycles. The van der Waals surface area contributed by atoms with Crippen molar-refractivity contribution in [2.45, 2.75) is 51.1 Å². The van der Waals surface area contributed by atoms with Crippen molar-refractivity contribution in [3.05, 3.63) is 127 Å². The Kier molecular flexibility index (Phi) is 12.4. The number of anilines is 2. The third kappa shape index (κ3) is 9.94. The lowest BCUT2D eigenvalue weighted by Crippen LogP contribution is -2.45. The maximum atomic E-state index is 12.8. The summed E-state index contributed by atoms with van der Waals surface area (Å²) >= 11 is 0. The molecule has 1 heterocycles. The molecule has 276 valence electrons. The fraction of sp³-hybridized carbons (Fsp3) is 0.256.